The van der Waals surface area contributed by atoms with E-state index in [1.165, 1.54) is 0 Å². The van der Waals surface area contributed by atoms with Crippen molar-refractivity contribution < 1.29 is 14.6 Å². The molecule has 0 aromatic heterocycles. The monoisotopic (exact) mass is 157 g/mol. The Balaban J connectivity index is 2.18. The molecule has 4 heteroatoms. The van der Waals surface area contributed by atoms with Gasteiger partial charge in [0.15, 0.2) is 0 Å². The van der Waals surface area contributed by atoms with Crippen molar-refractivity contribution in [3.8, 4) is 0 Å². The molecule has 1 rings (SSSR count). The predicted octanol–water partition coefficient (Wildman–Crippen LogP) is -0.0368. The van der Waals surface area contributed by atoms with Crippen LogP contribution >= 0.6 is 0 Å². The maximum absolute atomic E-state index is 10.1. The lowest BCUT2D eigenvalue weighted by atomic mass is 10.3. The van der Waals surface area contributed by atoms with Crippen LogP contribution in [-0.4, -0.2) is 30.3 Å². The van der Waals surface area contributed by atoms with Gasteiger partial charge >= 0.3 is 5.97 Å². The van der Waals surface area contributed by atoms with E-state index in [0.717, 1.165) is 5.70 Å². The maximum atomic E-state index is 10.1. The van der Waals surface area contributed by atoms with Crippen LogP contribution in [0.5, 0.6) is 0 Å². The van der Waals surface area contributed by atoms with Gasteiger partial charge in [0.05, 0.1) is 6.10 Å². The minimum absolute atomic E-state index is 0.0152. The van der Waals surface area contributed by atoms with Crippen molar-refractivity contribution >= 4 is 5.97 Å². The third-order valence-electron chi connectivity index (χ3n) is 1.50. The Kier molecular flexibility index (Phi) is 2.48. The Hall–Kier alpha value is -1.03. The van der Waals surface area contributed by atoms with Crippen molar-refractivity contribution in [3.05, 3.63) is 12.3 Å². The molecule has 0 bridgehead atoms. The molecule has 0 saturated carbocycles. The van der Waals surface area contributed by atoms with Crippen LogP contribution < -0.4 is 5.32 Å². The van der Waals surface area contributed by atoms with Crippen LogP contribution in [0.25, 0.3) is 0 Å². The van der Waals surface area contributed by atoms with E-state index < -0.39 is 5.97 Å². The molecule has 0 radical (unpaired) electrons. The predicted molar refractivity (Wildman–Crippen MR) is 39.1 cm³/mol. The molecular formula is C7H11NO3. The van der Waals surface area contributed by atoms with Crippen molar-refractivity contribution in [2.75, 3.05) is 13.2 Å². The number of ether oxygens (including phenoxy) is 1. The molecule has 1 aliphatic rings. The van der Waals surface area contributed by atoms with E-state index in [0.29, 0.717) is 13.0 Å². The number of carboxylic acid groups (broad SMARTS) is 1. The largest absolute Gasteiger partial charge is 0.480 e. The third-order valence-corrected chi connectivity index (χ3v) is 1.50. The van der Waals surface area contributed by atoms with Crippen molar-refractivity contribution in [2.24, 2.45) is 0 Å². The van der Waals surface area contributed by atoms with Crippen LogP contribution in [0.4, 0.5) is 0 Å². The Morgan fingerprint density at radius 3 is 3.09 bits per heavy atom. The third kappa shape index (κ3) is 2.59. The minimum Gasteiger partial charge on any atom is -0.480 e. The molecule has 0 aromatic rings. The molecule has 1 fully saturated rings. The van der Waals surface area contributed by atoms with E-state index in [1.54, 1.807) is 0 Å². The van der Waals surface area contributed by atoms with Crippen LogP contribution in [0.2, 0.25) is 0 Å². The summed E-state index contributed by atoms with van der Waals surface area (Å²) in [7, 11) is 0. The van der Waals surface area contributed by atoms with E-state index in [1.807, 2.05) is 0 Å². The van der Waals surface area contributed by atoms with Crippen LogP contribution in [-0.2, 0) is 9.53 Å². The summed E-state index contributed by atoms with van der Waals surface area (Å²) in [6.07, 6.45) is 0.700. The second-order valence-electron chi connectivity index (χ2n) is 2.52. The van der Waals surface area contributed by atoms with Gasteiger partial charge in [0.1, 0.15) is 6.61 Å². The standard InChI is InChI=1S/C7H11NO3/c1-5-2-6(3-8-5)11-4-7(9)10/h6,8H,1-4H2,(H,9,10)/t6-/m1/s1. The SMILES string of the molecule is C=C1C[C@@H](OCC(=O)O)CN1. The molecule has 1 atom stereocenters. The molecule has 1 aliphatic heterocycles. The number of carbonyl (C=O) groups is 1. The summed E-state index contributed by atoms with van der Waals surface area (Å²) in [4.78, 5) is 10.1. The molecular weight excluding hydrogens is 146 g/mol. The van der Waals surface area contributed by atoms with Gasteiger partial charge in [-0.25, -0.2) is 4.79 Å². The molecule has 0 aromatic carbocycles. The average molecular weight is 157 g/mol. The molecule has 62 valence electrons. The first-order valence-corrected chi connectivity index (χ1v) is 3.43. The first kappa shape index (κ1) is 8.07. The normalized spacial score (nSPS) is 23.3. The number of hydrogen-bond acceptors (Lipinski definition) is 3. The van der Waals surface area contributed by atoms with Crippen molar-refractivity contribution in [1.82, 2.24) is 5.32 Å². The zero-order valence-corrected chi connectivity index (χ0v) is 6.17. The fraction of sp³-hybridized carbons (Fsp3) is 0.571. The highest BCUT2D eigenvalue weighted by atomic mass is 16.5. The Bertz CT molecular complexity index is 179. The van der Waals surface area contributed by atoms with Gasteiger partial charge in [-0.05, 0) is 0 Å². The van der Waals surface area contributed by atoms with E-state index in [9.17, 15) is 4.79 Å². The first-order chi connectivity index (χ1) is 5.18. The highest BCUT2D eigenvalue weighted by Crippen LogP contribution is 2.10. The fourth-order valence-electron chi connectivity index (χ4n) is 0.984. The summed E-state index contributed by atoms with van der Waals surface area (Å²) in [5.74, 6) is -0.928. The van der Waals surface area contributed by atoms with E-state index in [4.69, 9.17) is 9.84 Å². The van der Waals surface area contributed by atoms with E-state index >= 15 is 0 Å². The van der Waals surface area contributed by atoms with Crippen LogP contribution in [0.1, 0.15) is 6.42 Å². The van der Waals surface area contributed by atoms with Gasteiger partial charge in [0.25, 0.3) is 0 Å². The van der Waals surface area contributed by atoms with E-state index in [2.05, 4.69) is 11.9 Å². The summed E-state index contributed by atoms with van der Waals surface area (Å²) in [5.41, 5.74) is 0.917. The van der Waals surface area contributed by atoms with E-state index in [-0.39, 0.29) is 12.7 Å². The molecule has 0 aliphatic carbocycles. The number of carboxylic acids is 1. The molecule has 11 heavy (non-hydrogen) atoms. The highest BCUT2D eigenvalue weighted by molar-refractivity contribution is 5.68. The molecule has 1 saturated heterocycles. The summed E-state index contributed by atoms with van der Waals surface area (Å²) in [5, 5.41) is 11.3. The zero-order valence-electron chi connectivity index (χ0n) is 6.17. The van der Waals surface area contributed by atoms with Gasteiger partial charge in [0, 0.05) is 18.7 Å². The van der Waals surface area contributed by atoms with Crippen LogP contribution in [0.15, 0.2) is 12.3 Å². The van der Waals surface area contributed by atoms with Crippen LogP contribution in [0, 0.1) is 0 Å². The van der Waals surface area contributed by atoms with Gasteiger partial charge in [-0.15, -0.1) is 0 Å². The topological polar surface area (TPSA) is 58.6 Å². The summed E-state index contributed by atoms with van der Waals surface area (Å²) in [6, 6.07) is 0. The van der Waals surface area contributed by atoms with Crippen molar-refractivity contribution in [2.45, 2.75) is 12.5 Å². The molecule has 0 spiro atoms. The molecule has 0 unspecified atom stereocenters. The molecule has 2 N–H and O–H groups in total. The summed E-state index contributed by atoms with van der Waals surface area (Å²) < 4.78 is 5.01. The number of aliphatic carboxylic acids is 1. The summed E-state index contributed by atoms with van der Waals surface area (Å²) in [6.45, 7) is 4.14. The smallest absolute Gasteiger partial charge is 0.329 e. The highest BCUT2D eigenvalue weighted by Gasteiger charge is 2.18. The molecule has 1 heterocycles. The summed E-state index contributed by atoms with van der Waals surface area (Å²) >= 11 is 0. The van der Waals surface area contributed by atoms with Gasteiger partial charge in [-0.1, -0.05) is 6.58 Å². The fourth-order valence-corrected chi connectivity index (χ4v) is 0.984. The lowest BCUT2D eigenvalue weighted by Gasteiger charge is -2.05. The van der Waals surface area contributed by atoms with Crippen molar-refractivity contribution in [1.29, 1.82) is 0 Å². The second-order valence-corrected chi connectivity index (χ2v) is 2.52. The number of hydrogen-bond donors (Lipinski definition) is 2. The lowest BCUT2D eigenvalue weighted by Crippen LogP contribution is -2.20. The number of nitrogens with one attached hydrogen (secondary N) is 1. The Morgan fingerprint density at radius 2 is 2.64 bits per heavy atom. The van der Waals surface area contributed by atoms with Gasteiger partial charge < -0.3 is 15.2 Å². The lowest BCUT2D eigenvalue weighted by molar-refractivity contribution is -0.143. The first-order valence-electron chi connectivity index (χ1n) is 3.43. The zero-order chi connectivity index (χ0) is 8.27. The Labute approximate surface area is 64.9 Å². The Morgan fingerprint density at radius 1 is 1.91 bits per heavy atom. The number of rotatable bonds is 3. The minimum atomic E-state index is -0.928. The second kappa shape index (κ2) is 3.39. The van der Waals surface area contributed by atoms with Gasteiger partial charge in [0.2, 0.25) is 0 Å². The van der Waals surface area contributed by atoms with Crippen molar-refractivity contribution in [3.63, 3.8) is 0 Å². The molecule has 4 nitrogen and oxygen atoms in total. The van der Waals surface area contributed by atoms with Gasteiger partial charge in [-0.3, -0.25) is 0 Å². The maximum Gasteiger partial charge on any atom is 0.329 e. The van der Waals surface area contributed by atoms with Gasteiger partial charge in [-0.2, -0.15) is 0 Å². The average Bonchev–Trinajstić information content (AvgIpc) is 2.31. The quantitative estimate of drug-likeness (QED) is 0.603. The molecule has 0 amide bonds. The van der Waals surface area contributed by atoms with Crippen LogP contribution in [0.3, 0.4) is 0 Å².